The Kier molecular flexibility index (Phi) is 4.84. The van der Waals surface area contributed by atoms with Crippen molar-refractivity contribution in [1.29, 1.82) is 0 Å². The van der Waals surface area contributed by atoms with Crippen LogP contribution < -0.4 is 15.2 Å². The van der Waals surface area contributed by atoms with Gasteiger partial charge < -0.3 is 15.2 Å². The Bertz CT molecular complexity index is 965. The summed E-state index contributed by atoms with van der Waals surface area (Å²) in [5.74, 6) is 0.140. The average Bonchev–Trinajstić information content (AvgIpc) is 3.06. The van der Waals surface area contributed by atoms with Gasteiger partial charge in [0.1, 0.15) is 11.9 Å². The number of imidazole rings is 1. The number of alkyl halides is 3. The van der Waals surface area contributed by atoms with Crippen LogP contribution in [0.3, 0.4) is 0 Å². The van der Waals surface area contributed by atoms with Crippen molar-refractivity contribution in [2.45, 2.75) is 44.2 Å². The van der Waals surface area contributed by atoms with Crippen LogP contribution in [0.1, 0.15) is 25.7 Å². The molecule has 6 nitrogen and oxygen atoms in total. The van der Waals surface area contributed by atoms with Crippen LogP contribution in [0, 0.1) is 0 Å². The summed E-state index contributed by atoms with van der Waals surface area (Å²) in [7, 11) is 0. The van der Waals surface area contributed by atoms with Crippen molar-refractivity contribution in [2.75, 3.05) is 0 Å². The minimum Gasteiger partial charge on any atom is -0.473 e. The number of fused-ring (bicyclic) bond motifs is 1. The molecule has 0 atom stereocenters. The molecule has 2 aromatic heterocycles. The van der Waals surface area contributed by atoms with E-state index in [-0.39, 0.29) is 17.9 Å². The lowest BCUT2D eigenvalue weighted by Gasteiger charge is -2.26. The molecule has 2 N–H and O–H groups in total. The maximum Gasteiger partial charge on any atom is 0.573 e. The molecule has 0 unspecified atom stereocenters. The van der Waals surface area contributed by atoms with Gasteiger partial charge in [0.2, 0.25) is 5.88 Å². The fourth-order valence-corrected chi connectivity index (χ4v) is 3.35. The Balaban J connectivity index is 1.61. The highest BCUT2D eigenvalue weighted by Gasteiger charge is 2.31. The Morgan fingerprint density at radius 3 is 2.61 bits per heavy atom. The van der Waals surface area contributed by atoms with Gasteiger partial charge in [-0.3, -0.25) is 0 Å². The lowest BCUT2D eigenvalue weighted by Crippen LogP contribution is -2.31. The van der Waals surface area contributed by atoms with Gasteiger partial charge in [0.15, 0.2) is 5.65 Å². The zero-order chi connectivity index (χ0) is 19.7. The maximum absolute atomic E-state index is 12.5. The minimum atomic E-state index is -4.75. The third-order valence-electron chi connectivity index (χ3n) is 4.71. The number of ether oxygens (including phenoxy) is 2. The molecular formula is C19H19F3N4O2. The molecule has 0 amide bonds. The topological polar surface area (TPSA) is 74.7 Å². The van der Waals surface area contributed by atoms with Gasteiger partial charge in [0.25, 0.3) is 0 Å². The first-order chi connectivity index (χ1) is 13.4. The normalized spacial score (nSPS) is 20.3. The van der Waals surface area contributed by atoms with Crippen LogP contribution >= 0.6 is 0 Å². The summed E-state index contributed by atoms with van der Waals surface area (Å²) in [6, 6.07) is 9.43. The standard InChI is InChI=1S/C19H19F3N4O2/c20-19(21,22)28-15-3-1-2-12(10-15)16-11-24-17-8-9-18(25-26(16)17)27-14-6-4-13(23)5-7-14/h1-3,8-11,13-14H,4-7,23H2/t13-,14-. The molecule has 1 aliphatic carbocycles. The number of hydrogen-bond acceptors (Lipinski definition) is 5. The molecule has 0 saturated heterocycles. The molecule has 0 bridgehead atoms. The number of hydrogen-bond donors (Lipinski definition) is 1. The number of rotatable bonds is 4. The second-order valence-electron chi connectivity index (χ2n) is 6.82. The van der Waals surface area contributed by atoms with Crippen LogP contribution in [0.15, 0.2) is 42.6 Å². The second kappa shape index (κ2) is 7.31. The van der Waals surface area contributed by atoms with Crippen LogP contribution in [0.4, 0.5) is 13.2 Å². The van der Waals surface area contributed by atoms with Crippen LogP contribution in [0.2, 0.25) is 0 Å². The molecule has 9 heteroatoms. The number of benzene rings is 1. The monoisotopic (exact) mass is 392 g/mol. The summed E-state index contributed by atoms with van der Waals surface area (Å²) >= 11 is 0. The van der Waals surface area contributed by atoms with E-state index in [1.807, 2.05) is 0 Å². The highest BCUT2D eigenvalue weighted by atomic mass is 19.4. The molecule has 1 aliphatic rings. The van der Waals surface area contributed by atoms with E-state index in [1.165, 1.54) is 18.2 Å². The molecule has 1 saturated carbocycles. The van der Waals surface area contributed by atoms with Crippen molar-refractivity contribution in [1.82, 2.24) is 14.6 Å². The molecular weight excluding hydrogens is 373 g/mol. The van der Waals surface area contributed by atoms with E-state index in [9.17, 15) is 13.2 Å². The van der Waals surface area contributed by atoms with Gasteiger partial charge in [-0.1, -0.05) is 12.1 Å². The summed E-state index contributed by atoms with van der Waals surface area (Å²) in [6.45, 7) is 0. The second-order valence-corrected chi connectivity index (χ2v) is 6.82. The van der Waals surface area contributed by atoms with Gasteiger partial charge in [-0.25, -0.2) is 9.50 Å². The highest BCUT2D eigenvalue weighted by molar-refractivity contribution is 5.64. The van der Waals surface area contributed by atoms with E-state index in [2.05, 4.69) is 14.8 Å². The van der Waals surface area contributed by atoms with Gasteiger partial charge in [-0.2, -0.15) is 0 Å². The van der Waals surface area contributed by atoms with Crippen LogP contribution in [0.5, 0.6) is 11.6 Å². The summed E-state index contributed by atoms with van der Waals surface area (Å²) < 4.78 is 49.0. The number of halogens is 3. The Labute approximate surface area is 159 Å². The lowest BCUT2D eigenvalue weighted by molar-refractivity contribution is -0.274. The van der Waals surface area contributed by atoms with E-state index in [1.54, 1.807) is 28.9 Å². The predicted molar refractivity (Wildman–Crippen MR) is 96.0 cm³/mol. The smallest absolute Gasteiger partial charge is 0.473 e. The van der Waals surface area contributed by atoms with Gasteiger partial charge in [-0.15, -0.1) is 18.3 Å². The molecule has 0 spiro atoms. The maximum atomic E-state index is 12.5. The van der Waals surface area contributed by atoms with Gasteiger partial charge in [-0.05, 0) is 43.9 Å². The SMILES string of the molecule is N[C@H]1CC[C@H](Oc2ccc3ncc(-c4cccc(OC(F)(F)F)c4)n3n2)CC1. The van der Waals surface area contributed by atoms with E-state index < -0.39 is 6.36 Å². The van der Waals surface area contributed by atoms with Gasteiger partial charge >= 0.3 is 6.36 Å². The van der Waals surface area contributed by atoms with Crippen molar-refractivity contribution in [3.05, 3.63) is 42.6 Å². The first kappa shape index (κ1) is 18.5. The van der Waals surface area contributed by atoms with Crippen LogP contribution in [0.25, 0.3) is 16.9 Å². The fraction of sp³-hybridized carbons (Fsp3) is 0.368. The van der Waals surface area contributed by atoms with Crippen molar-refractivity contribution in [2.24, 2.45) is 5.73 Å². The van der Waals surface area contributed by atoms with Crippen LogP contribution in [-0.4, -0.2) is 33.1 Å². The Morgan fingerprint density at radius 2 is 1.86 bits per heavy atom. The largest absolute Gasteiger partial charge is 0.573 e. The molecule has 1 fully saturated rings. The zero-order valence-corrected chi connectivity index (χ0v) is 14.9. The first-order valence-electron chi connectivity index (χ1n) is 9.00. The first-order valence-corrected chi connectivity index (χ1v) is 9.00. The van der Waals surface area contributed by atoms with E-state index >= 15 is 0 Å². The highest BCUT2D eigenvalue weighted by Crippen LogP contribution is 2.29. The van der Waals surface area contributed by atoms with E-state index in [4.69, 9.17) is 10.5 Å². The summed E-state index contributed by atoms with van der Waals surface area (Å²) in [5.41, 5.74) is 7.53. The molecule has 28 heavy (non-hydrogen) atoms. The molecule has 4 rings (SSSR count). The van der Waals surface area contributed by atoms with Crippen molar-refractivity contribution in [3.8, 4) is 22.9 Å². The number of nitrogens with zero attached hydrogens (tertiary/aromatic N) is 3. The third-order valence-corrected chi connectivity index (χ3v) is 4.71. The number of nitrogens with two attached hydrogens (primary N) is 1. The van der Waals surface area contributed by atoms with Crippen LogP contribution in [-0.2, 0) is 0 Å². The summed E-state index contributed by atoms with van der Waals surface area (Å²) in [6.07, 6.45) is 0.423. The van der Waals surface area contributed by atoms with Crippen molar-refractivity contribution in [3.63, 3.8) is 0 Å². The van der Waals surface area contributed by atoms with Crippen molar-refractivity contribution >= 4 is 5.65 Å². The molecule has 2 heterocycles. The molecule has 148 valence electrons. The third kappa shape index (κ3) is 4.19. The van der Waals surface area contributed by atoms with E-state index in [0.29, 0.717) is 22.8 Å². The number of aromatic nitrogens is 3. The molecule has 3 aromatic rings. The predicted octanol–water partition coefficient (Wildman–Crippen LogP) is 3.94. The summed E-state index contributed by atoms with van der Waals surface area (Å²) in [4.78, 5) is 4.26. The average molecular weight is 392 g/mol. The molecule has 0 aliphatic heterocycles. The Hall–Kier alpha value is -2.81. The van der Waals surface area contributed by atoms with Crippen molar-refractivity contribution < 1.29 is 22.6 Å². The Morgan fingerprint density at radius 1 is 1.07 bits per heavy atom. The van der Waals surface area contributed by atoms with Gasteiger partial charge in [0.05, 0.1) is 11.9 Å². The zero-order valence-electron chi connectivity index (χ0n) is 14.9. The minimum absolute atomic E-state index is 0.0558. The van der Waals surface area contributed by atoms with E-state index in [0.717, 1.165) is 25.7 Å². The summed E-state index contributed by atoms with van der Waals surface area (Å²) in [5, 5.41) is 4.47. The van der Waals surface area contributed by atoms with Gasteiger partial charge in [0, 0.05) is 17.7 Å². The fourth-order valence-electron chi connectivity index (χ4n) is 3.35. The molecule has 0 radical (unpaired) electrons. The lowest BCUT2D eigenvalue weighted by atomic mass is 9.94. The quantitative estimate of drug-likeness (QED) is 0.728. The molecule has 1 aromatic carbocycles.